The number of benzene rings is 2. The van der Waals surface area contributed by atoms with Crippen molar-refractivity contribution in [1.29, 1.82) is 0 Å². The fourth-order valence-electron chi connectivity index (χ4n) is 1.83. The maximum atomic E-state index is 12.2. The lowest BCUT2D eigenvalue weighted by atomic mass is 10.1. The molecule has 0 saturated heterocycles. The zero-order valence-electron chi connectivity index (χ0n) is 13.5. The Labute approximate surface area is 149 Å². The van der Waals surface area contributed by atoms with Crippen molar-refractivity contribution >= 4 is 33.7 Å². The van der Waals surface area contributed by atoms with Crippen LogP contribution in [0.25, 0.3) is 6.08 Å². The lowest BCUT2D eigenvalue weighted by Gasteiger charge is -2.11. The predicted octanol–water partition coefficient (Wildman–Crippen LogP) is 3.81. The van der Waals surface area contributed by atoms with Gasteiger partial charge in [-0.3, -0.25) is 9.59 Å². The highest BCUT2D eigenvalue weighted by atomic mass is 79.9. The number of amides is 1. The summed E-state index contributed by atoms with van der Waals surface area (Å²) in [6, 6.07) is 14.4. The Morgan fingerprint density at radius 2 is 1.67 bits per heavy atom. The molecule has 1 amide bonds. The van der Waals surface area contributed by atoms with Gasteiger partial charge in [-0.15, -0.1) is 0 Å². The van der Waals surface area contributed by atoms with Gasteiger partial charge in [-0.05, 0) is 48.0 Å². The first-order valence-corrected chi connectivity index (χ1v) is 8.16. The molecule has 0 heterocycles. The van der Waals surface area contributed by atoms with Crippen LogP contribution in [-0.4, -0.2) is 37.3 Å². The molecule has 0 fully saturated rings. The zero-order valence-corrected chi connectivity index (χ0v) is 15.1. The van der Waals surface area contributed by atoms with Crippen molar-refractivity contribution in [2.45, 2.75) is 0 Å². The van der Waals surface area contributed by atoms with Crippen LogP contribution >= 0.6 is 15.9 Å². The maximum absolute atomic E-state index is 12.2. The minimum atomic E-state index is -0.118. The third-order valence-electron chi connectivity index (χ3n) is 3.30. The van der Waals surface area contributed by atoms with E-state index in [9.17, 15) is 9.59 Å². The van der Waals surface area contributed by atoms with Crippen LogP contribution in [0.2, 0.25) is 0 Å². The molecule has 2 rings (SSSR count). The van der Waals surface area contributed by atoms with Crippen molar-refractivity contribution in [3.8, 4) is 5.75 Å². The molecule has 0 aromatic heterocycles. The van der Waals surface area contributed by atoms with Crippen LogP contribution < -0.4 is 4.74 Å². The second kappa shape index (κ2) is 8.45. The van der Waals surface area contributed by atoms with Gasteiger partial charge in [0.15, 0.2) is 12.4 Å². The standard InChI is InChI=1S/C19H18BrNO3/c1-21(2)19(23)13-24-17-10-6-15(7-11-17)18(22)12-5-14-3-8-16(20)9-4-14/h3-12H,13H2,1-2H3/b12-5+. The van der Waals surface area contributed by atoms with E-state index in [2.05, 4.69) is 15.9 Å². The first-order valence-electron chi connectivity index (χ1n) is 7.37. The van der Waals surface area contributed by atoms with Gasteiger partial charge in [-0.25, -0.2) is 0 Å². The zero-order chi connectivity index (χ0) is 17.5. The van der Waals surface area contributed by atoms with E-state index in [1.807, 2.05) is 24.3 Å². The minimum Gasteiger partial charge on any atom is -0.484 e. The molecule has 0 saturated carbocycles. The van der Waals surface area contributed by atoms with Crippen LogP contribution in [0.15, 0.2) is 59.1 Å². The second-order valence-electron chi connectivity index (χ2n) is 5.35. The van der Waals surface area contributed by atoms with E-state index < -0.39 is 0 Å². The van der Waals surface area contributed by atoms with Crippen molar-refractivity contribution in [3.05, 3.63) is 70.2 Å². The number of halogens is 1. The quantitative estimate of drug-likeness (QED) is 0.559. The Kier molecular flexibility index (Phi) is 6.32. The molecule has 0 N–H and O–H groups in total. The van der Waals surface area contributed by atoms with E-state index >= 15 is 0 Å². The highest BCUT2D eigenvalue weighted by molar-refractivity contribution is 9.10. The molecule has 2 aromatic rings. The molecule has 0 bridgehead atoms. The normalized spacial score (nSPS) is 10.6. The molecular weight excluding hydrogens is 370 g/mol. The topological polar surface area (TPSA) is 46.6 Å². The highest BCUT2D eigenvalue weighted by Gasteiger charge is 2.06. The molecule has 0 aliphatic heterocycles. The molecule has 0 spiro atoms. The van der Waals surface area contributed by atoms with Crippen molar-refractivity contribution in [3.63, 3.8) is 0 Å². The average molecular weight is 388 g/mol. The molecule has 24 heavy (non-hydrogen) atoms. The molecule has 4 nitrogen and oxygen atoms in total. The Morgan fingerprint density at radius 1 is 1.04 bits per heavy atom. The first kappa shape index (κ1) is 17.9. The van der Waals surface area contributed by atoms with Gasteiger partial charge in [0, 0.05) is 24.1 Å². The number of ketones is 1. The number of ether oxygens (including phenoxy) is 1. The lowest BCUT2D eigenvalue weighted by Crippen LogP contribution is -2.27. The minimum absolute atomic E-state index is 0.0240. The van der Waals surface area contributed by atoms with Crippen LogP contribution in [0, 0.1) is 0 Å². The molecule has 0 atom stereocenters. The summed E-state index contributed by atoms with van der Waals surface area (Å²) in [4.78, 5) is 25.1. The van der Waals surface area contributed by atoms with E-state index in [1.165, 1.54) is 11.0 Å². The smallest absolute Gasteiger partial charge is 0.259 e. The fraction of sp³-hybridized carbons (Fsp3) is 0.158. The van der Waals surface area contributed by atoms with Crippen LogP contribution in [0.3, 0.4) is 0 Å². The van der Waals surface area contributed by atoms with Gasteiger partial charge < -0.3 is 9.64 Å². The van der Waals surface area contributed by atoms with Crippen molar-refractivity contribution in [1.82, 2.24) is 4.90 Å². The average Bonchev–Trinajstić information content (AvgIpc) is 2.59. The molecule has 0 unspecified atom stereocenters. The molecule has 5 heteroatoms. The van der Waals surface area contributed by atoms with E-state index in [4.69, 9.17) is 4.74 Å². The van der Waals surface area contributed by atoms with Gasteiger partial charge in [0.05, 0.1) is 0 Å². The summed E-state index contributed by atoms with van der Waals surface area (Å²) in [7, 11) is 3.34. The summed E-state index contributed by atoms with van der Waals surface area (Å²) in [6.07, 6.45) is 3.31. The van der Waals surface area contributed by atoms with Crippen LogP contribution in [0.5, 0.6) is 5.75 Å². The van der Waals surface area contributed by atoms with E-state index in [0.717, 1.165) is 10.0 Å². The highest BCUT2D eigenvalue weighted by Crippen LogP contribution is 2.15. The van der Waals surface area contributed by atoms with Gasteiger partial charge in [0.2, 0.25) is 0 Å². The van der Waals surface area contributed by atoms with Crippen LogP contribution in [0.4, 0.5) is 0 Å². The summed E-state index contributed by atoms with van der Waals surface area (Å²) in [5.74, 6) is 0.347. The van der Waals surface area contributed by atoms with Crippen LogP contribution in [-0.2, 0) is 4.79 Å². The number of carbonyl (C=O) groups is 2. The summed E-state index contributed by atoms with van der Waals surface area (Å²) >= 11 is 3.37. The van der Waals surface area contributed by atoms with Crippen molar-refractivity contribution in [2.75, 3.05) is 20.7 Å². The number of hydrogen-bond acceptors (Lipinski definition) is 3. The van der Waals surface area contributed by atoms with Crippen molar-refractivity contribution in [2.24, 2.45) is 0 Å². The fourth-order valence-corrected chi connectivity index (χ4v) is 2.10. The molecule has 0 radical (unpaired) electrons. The lowest BCUT2D eigenvalue weighted by molar-refractivity contribution is -0.130. The number of allylic oxidation sites excluding steroid dienone is 1. The van der Waals surface area contributed by atoms with E-state index in [-0.39, 0.29) is 18.3 Å². The summed E-state index contributed by atoms with van der Waals surface area (Å²) in [5, 5.41) is 0. The van der Waals surface area contributed by atoms with Gasteiger partial charge in [-0.1, -0.05) is 34.1 Å². The van der Waals surface area contributed by atoms with Gasteiger partial charge in [0.25, 0.3) is 5.91 Å². The molecule has 2 aromatic carbocycles. The Hall–Kier alpha value is -2.40. The predicted molar refractivity (Wildman–Crippen MR) is 98.1 cm³/mol. The summed E-state index contributed by atoms with van der Waals surface area (Å²) in [5.41, 5.74) is 1.52. The van der Waals surface area contributed by atoms with Crippen molar-refractivity contribution < 1.29 is 14.3 Å². The van der Waals surface area contributed by atoms with Gasteiger partial charge in [0.1, 0.15) is 5.75 Å². The number of likely N-dealkylation sites (N-methyl/N-ethyl adjacent to an activating group) is 1. The number of hydrogen-bond donors (Lipinski definition) is 0. The van der Waals surface area contributed by atoms with E-state index in [1.54, 1.807) is 44.4 Å². The molecule has 0 aliphatic carbocycles. The van der Waals surface area contributed by atoms with Crippen LogP contribution in [0.1, 0.15) is 15.9 Å². The molecule has 0 aliphatic rings. The van der Waals surface area contributed by atoms with E-state index in [0.29, 0.717) is 11.3 Å². The molecular formula is C19H18BrNO3. The number of nitrogens with zero attached hydrogens (tertiary/aromatic N) is 1. The monoisotopic (exact) mass is 387 g/mol. The van der Waals surface area contributed by atoms with Gasteiger partial charge >= 0.3 is 0 Å². The first-order chi connectivity index (χ1) is 11.5. The Morgan fingerprint density at radius 3 is 2.25 bits per heavy atom. The van der Waals surface area contributed by atoms with Gasteiger partial charge in [-0.2, -0.15) is 0 Å². The Balaban J connectivity index is 1.95. The summed E-state index contributed by atoms with van der Waals surface area (Å²) in [6.45, 7) is -0.0240. The number of rotatable bonds is 6. The number of carbonyl (C=O) groups excluding carboxylic acids is 2. The second-order valence-corrected chi connectivity index (χ2v) is 6.27. The largest absolute Gasteiger partial charge is 0.484 e. The third kappa shape index (κ3) is 5.35. The maximum Gasteiger partial charge on any atom is 0.259 e. The Bertz CT molecular complexity index is 734. The SMILES string of the molecule is CN(C)C(=O)COc1ccc(C(=O)/C=C/c2ccc(Br)cc2)cc1. The molecule has 124 valence electrons. The summed E-state index contributed by atoms with van der Waals surface area (Å²) < 4.78 is 6.37. The third-order valence-corrected chi connectivity index (χ3v) is 3.83.